The van der Waals surface area contributed by atoms with Gasteiger partial charge in [-0.05, 0) is 42.9 Å². The number of alkyl halides is 3. The predicted molar refractivity (Wildman–Crippen MR) is 92.0 cm³/mol. The molecule has 1 unspecified atom stereocenters. The molecule has 8 heteroatoms. The molecule has 0 aliphatic rings. The second-order valence-electron chi connectivity index (χ2n) is 5.53. The van der Waals surface area contributed by atoms with Crippen LogP contribution in [0.15, 0.2) is 24.3 Å². The Morgan fingerprint density at radius 3 is 2.20 bits per heavy atom. The Morgan fingerprint density at radius 2 is 1.76 bits per heavy atom. The summed E-state index contributed by atoms with van der Waals surface area (Å²) in [5.41, 5.74) is -4.77. The van der Waals surface area contributed by atoms with E-state index in [1.807, 2.05) is 6.92 Å². The Kier molecular flexibility index (Phi) is 10.8. The van der Waals surface area contributed by atoms with Gasteiger partial charge in [-0.2, -0.15) is 21.6 Å². The van der Waals surface area contributed by atoms with E-state index >= 15 is 0 Å². The standard InChI is InChI=1S/C13H17F3O4S.C4H10/c1-2-10(6-4-8-17)11-5-3-7-12(9-11)20-21(18,19)13(14,15)16;1-3-4-2/h3,5,7,9-10,17H,2,4,6,8H2,1H3;3-4H2,1-2H3. The zero-order chi connectivity index (χ0) is 19.5. The molecule has 0 amide bonds. The molecule has 0 saturated carbocycles. The molecule has 0 spiro atoms. The van der Waals surface area contributed by atoms with Gasteiger partial charge in [-0.25, -0.2) is 0 Å². The summed E-state index contributed by atoms with van der Waals surface area (Å²) in [5.74, 6) is -0.346. The SMILES string of the molecule is CCC(CCCO)c1cccc(OS(=O)(=O)C(F)(F)F)c1.CCCC. The van der Waals surface area contributed by atoms with Gasteiger partial charge in [-0.1, -0.05) is 45.7 Å². The van der Waals surface area contributed by atoms with Gasteiger partial charge in [-0.15, -0.1) is 0 Å². The normalized spacial score (nSPS) is 12.9. The predicted octanol–water partition coefficient (Wildman–Crippen LogP) is 4.99. The molecule has 0 aliphatic carbocycles. The summed E-state index contributed by atoms with van der Waals surface area (Å²) in [5, 5.41) is 8.83. The molecular formula is C17H27F3O4S. The third kappa shape index (κ3) is 8.58. The van der Waals surface area contributed by atoms with E-state index in [0.29, 0.717) is 18.4 Å². The van der Waals surface area contributed by atoms with Crippen molar-refractivity contribution in [2.24, 2.45) is 0 Å². The minimum atomic E-state index is -5.66. The molecule has 4 nitrogen and oxygen atoms in total. The van der Waals surface area contributed by atoms with Crippen LogP contribution in [0, 0.1) is 0 Å². The van der Waals surface area contributed by atoms with Crippen LogP contribution in [0.1, 0.15) is 64.4 Å². The van der Waals surface area contributed by atoms with Crippen molar-refractivity contribution in [2.45, 2.75) is 64.3 Å². The second-order valence-corrected chi connectivity index (χ2v) is 7.06. The van der Waals surface area contributed by atoms with Gasteiger partial charge in [0, 0.05) is 6.61 Å². The minimum Gasteiger partial charge on any atom is -0.396 e. The number of aliphatic hydroxyl groups excluding tert-OH is 1. The van der Waals surface area contributed by atoms with E-state index in [0.717, 1.165) is 12.5 Å². The van der Waals surface area contributed by atoms with Crippen molar-refractivity contribution >= 4 is 10.1 Å². The van der Waals surface area contributed by atoms with Gasteiger partial charge in [0.2, 0.25) is 0 Å². The highest BCUT2D eigenvalue weighted by molar-refractivity contribution is 7.88. The van der Waals surface area contributed by atoms with Crippen LogP contribution in [0.25, 0.3) is 0 Å². The lowest BCUT2D eigenvalue weighted by Gasteiger charge is -2.16. The van der Waals surface area contributed by atoms with E-state index in [4.69, 9.17) is 5.11 Å². The molecular weight excluding hydrogens is 357 g/mol. The average Bonchev–Trinajstić information content (AvgIpc) is 2.55. The average molecular weight is 384 g/mol. The van der Waals surface area contributed by atoms with Crippen molar-refractivity contribution in [3.05, 3.63) is 29.8 Å². The first-order valence-electron chi connectivity index (χ1n) is 8.34. The first-order valence-corrected chi connectivity index (χ1v) is 9.75. The highest BCUT2D eigenvalue weighted by Gasteiger charge is 2.48. The number of aliphatic hydroxyl groups is 1. The monoisotopic (exact) mass is 384 g/mol. The topological polar surface area (TPSA) is 63.6 Å². The van der Waals surface area contributed by atoms with Gasteiger partial charge in [-0.3, -0.25) is 0 Å². The third-order valence-electron chi connectivity index (χ3n) is 3.52. The highest BCUT2D eigenvalue weighted by atomic mass is 32.2. The lowest BCUT2D eigenvalue weighted by molar-refractivity contribution is -0.0500. The molecule has 1 aromatic carbocycles. The maximum atomic E-state index is 12.3. The van der Waals surface area contributed by atoms with Crippen LogP contribution in [0.5, 0.6) is 5.75 Å². The summed E-state index contributed by atoms with van der Waals surface area (Å²) in [6, 6.07) is 5.58. The van der Waals surface area contributed by atoms with Crippen molar-refractivity contribution < 1.29 is 30.9 Å². The number of hydrogen-bond acceptors (Lipinski definition) is 4. The lowest BCUT2D eigenvalue weighted by atomic mass is 9.92. The van der Waals surface area contributed by atoms with Crippen molar-refractivity contribution in [1.29, 1.82) is 0 Å². The second kappa shape index (κ2) is 11.4. The van der Waals surface area contributed by atoms with Crippen molar-refractivity contribution in [1.82, 2.24) is 0 Å². The molecule has 0 aromatic heterocycles. The van der Waals surface area contributed by atoms with Crippen LogP contribution >= 0.6 is 0 Å². The molecule has 0 saturated heterocycles. The van der Waals surface area contributed by atoms with Gasteiger partial charge < -0.3 is 9.29 Å². The van der Waals surface area contributed by atoms with Crippen LogP contribution in [0.4, 0.5) is 13.2 Å². The molecule has 0 radical (unpaired) electrons. The largest absolute Gasteiger partial charge is 0.534 e. The van der Waals surface area contributed by atoms with E-state index in [1.165, 1.54) is 25.0 Å². The fourth-order valence-corrected chi connectivity index (χ4v) is 2.39. The van der Waals surface area contributed by atoms with Gasteiger partial charge >= 0.3 is 15.6 Å². The Balaban J connectivity index is 0.00000129. The first kappa shape index (κ1) is 23.7. The number of benzene rings is 1. The fraction of sp³-hybridized carbons (Fsp3) is 0.647. The molecule has 1 atom stereocenters. The number of rotatable bonds is 8. The molecule has 1 rings (SSSR count). The van der Waals surface area contributed by atoms with Gasteiger partial charge in [0.1, 0.15) is 5.75 Å². The Hall–Kier alpha value is -1.28. The van der Waals surface area contributed by atoms with Crippen molar-refractivity contribution in [3.8, 4) is 5.75 Å². The van der Waals surface area contributed by atoms with Gasteiger partial charge in [0.05, 0.1) is 0 Å². The van der Waals surface area contributed by atoms with Crippen LogP contribution in [0.3, 0.4) is 0 Å². The summed E-state index contributed by atoms with van der Waals surface area (Å²) in [6.45, 7) is 6.29. The van der Waals surface area contributed by atoms with Crippen molar-refractivity contribution in [2.75, 3.05) is 6.61 Å². The van der Waals surface area contributed by atoms with E-state index in [-0.39, 0.29) is 18.3 Å². The maximum Gasteiger partial charge on any atom is 0.534 e. The Labute approximate surface area is 148 Å². The number of halogens is 3. The van der Waals surface area contributed by atoms with Crippen LogP contribution in [0.2, 0.25) is 0 Å². The smallest absolute Gasteiger partial charge is 0.396 e. The lowest BCUT2D eigenvalue weighted by Crippen LogP contribution is -2.28. The molecule has 0 bridgehead atoms. The summed E-state index contributed by atoms with van der Waals surface area (Å²) >= 11 is 0. The Morgan fingerprint density at radius 1 is 1.16 bits per heavy atom. The maximum absolute atomic E-state index is 12.3. The molecule has 0 heterocycles. The zero-order valence-corrected chi connectivity index (χ0v) is 15.7. The van der Waals surface area contributed by atoms with E-state index in [1.54, 1.807) is 6.07 Å². The van der Waals surface area contributed by atoms with E-state index in [9.17, 15) is 21.6 Å². The zero-order valence-electron chi connectivity index (χ0n) is 14.8. The van der Waals surface area contributed by atoms with Gasteiger partial charge in [0.25, 0.3) is 0 Å². The molecule has 25 heavy (non-hydrogen) atoms. The highest BCUT2D eigenvalue weighted by Crippen LogP contribution is 2.30. The molecule has 146 valence electrons. The van der Waals surface area contributed by atoms with Gasteiger partial charge in [0.15, 0.2) is 0 Å². The molecule has 0 aliphatic heterocycles. The van der Waals surface area contributed by atoms with E-state index < -0.39 is 15.6 Å². The Bertz CT molecular complexity index is 584. The number of hydrogen-bond donors (Lipinski definition) is 1. The molecule has 1 aromatic rings. The first-order chi connectivity index (χ1) is 11.6. The van der Waals surface area contributed by atoms with Crippen molar-refractivity contribution in [3.63, 3.8) is 0 Å². The van der Waals surface area contributed by atoms with E-state index in [2.05, 4.69) is 18.0 Å². The summed E-state index contributed by atoms with van der Waals surface area (Å²) < 4.78 is 62.8. The molecule has 0 fully saturated rings. The summed E-state index contributed by atoms with van der Waals surface area (Å²) in [4.78, 5) is 0. The quantitative estimate of drug-likeness (QED) is 0.507. The van der Waals surface area contributed by atoms with Crippen LogP contribution < -0.4 is 4.18 Å². The number of unbranched alkanes of at least 4 members (excludes halogenated alkanes) is 1. The third-order valence-corrected chi connectivity index (χ3v) is 4.50. The summed E-state index contributed by atoms with van der Waals surface area (Å²) in [7, 11) is -5.66. The fourth-order valence-electron chi connectivity index (χ4n) is 1.94. The van der Waals surface area contributed by atoms with Crippen LogP contribution in [-0.2, 0) is 10.1 Å². The molecule has 1 N–H and O–H groups in total. The minimum absolute atomic E-state index is 0.0225. The van der Waals surface area contributed by atoms with Crippen LogP contribution in [-0.4, -0.2) is 25.6 Å². The summed E-state index contributed by atoms with van der Waals surface area (Å²) in [6.07, 6.45) is 4.57.